The summed E-state index contributed by atoms with van der Waals surface area (Å²) in [6.07, 6.45) is 3.72. The van der Waals surface area contributed by atoms with Gasteiger partial charge in [0, 0.05) is 23.4 Å². The maximum Gasteiger partial charge on any atom is 0.213 e. The number of carbonyl (C=O) groups is 1. The Morgan fingerprint density at radius 3 is 2.68 bits per heavy atom. The third-order valence-corrected chi connectivity index (χ3v) is 3.74. The standard InChI is InChI=1S/C16H24N2O3S/c1-10(2)15(19)9-20-13-4-5-16(17-8-13)21-14-6-12(7-14)18-11(3)22/h4-5,8,10-12,14,18,22H,6-7,9H2,1-3H3/t11?,12-,14-. The molecule has 22 heavy (non-hydrogen) atoms. The molecule has 1 unspecified atom stereocenters. The van der Waals surface area contributed by atoms with Crippen LogP contribution in [0.3, 0.4) is 0 Å². The largest absolute Gasteiger partial charge is 0.484 e. The van der Waals surface area contributed by atoms with E-state index in [0.717, 1.165) is 12.8 Å². The van der Waals surface area contributed by atoms with E-state index in [2.05, 4.69) is 22.9 Å². The average Bonchev–Trinajstić information content (AvgIpc) is 2.43. The number of Topliss-reactive ketones (excluding diaryl/α,β-unsaturated/α-hetero) is 1. The first-order valence-electron chi connectivity index (χ1n) is 7.66. The van der Waals surface area contributed by atoms with Crippen molar-refractivity contribution in [3.8, 4) is 11.6 Å². The van der Waals surface area contributed by atoms with Gasteiger partial charge >= 0.3 is 0 Å². The fourth-order valence-corrected chi connectivity index (χ4v) is 2.36. The summed E-state index contributed by atoms with van der Waals surface area (Å²) in [5.41, 5.74) is 0. The van der Waals surface area contributed by atoms with E-state index >= 15 is 0 Å². The molecule has 0 radical (unpaired) electrons. The molecule has 0 amide bonds. The molecule has 1 aromatic rings. The van der Waals surface area contributed by atoms with Crippen LogP contribution in [0.25, 0.3) is 0 Å². The predicted molar refractivity (Wildman–Crippen MR) is 88.6 cm³/mol. The van der Waals surface area contributed by atoms with Crippen molar-refractivity contribution in [2.45, 2.75) is 51.1 Å². The highest BCUT2D eigenvalue weighted by Crippen LogP contribution is 2.26. The number of hydrogen-bond acceptors (Lipinski definition) is 6. The van der Waals surface area contributed by atoms with Crippen molar-refractivity contribution in [2.75, 3.05) is 6.61 Å². The van der Waals surface area contributed by atoms with Gasteiger partial charge < -0.3 is 14.8 Å². The van der Waals surface area contributed by atoms with Gasteiger partial charge in [-0.15, -0.1) is 0 Å². The molecule has 5 nitrogen and oxygen atoms in total. The zero-order chi connectivity index (χ0) is 16.1. The third kappa shape index (κ3) is 5.18. The molecule has 122 valence electrons. The molecule has 0 saturated heterocycles. The molecule has 6 heteroatoms. The molecule has 1 saturated carbocycles. The first-order valence-corrected chi connectivity index (χ1v) is 8.18. The number of nitrogens with one attached hydrogen (secondary N) is 1. The Morgan fingerprint density at radius 1 is 1.41 bits per heavy atom. The zero-order valence-electron chi connectivity index (χ0n) is 13.3. The van der Waals surface area contributed by atoms with Crippen molar-refractivity contribution in [2.24, 2.45) is 5.92 Å². The van der Waals surface area contributed by atoms with Crippen LogP contribution in [-0.2, 0) is 4.79 Å². The van der Waals surface area contributed by atoms with Crippen LogP contribution >= 0.6 is 12.6 Å². The Kier molecular flexibility index (Phi) is 6.08. The second kappa shape index (κ2) is 7.83. The molecular formula is C16H24N2O3S. The van der Waals surface area contributed by atoms with Gasteiger partial charge in [0.2, 0.25) is 5.88 Å². The fraction of sp³-hybridized carbons (Fsp3) is 0.625. The van der Waals surface area contributed by atoms with Gasteiger partial charge in [-0.25, -0.2) is 4.98 Å². The topological polar surface area (TPSA) is 60.5 Å². The lowest BCUT2D eigenvalue weighted by Crippen LogP contribution is -2.48. The lowest BCUT2D eigenvalue weighted by molar-refractivity contribution is -0.123. The molecule has 1 heterocycles. The molecule has 1 aliphatic carbocycles. The highest BCUT2D eigenvalue weighted by Gasteiger charge is 2.31. The minimum absolute atomic E-state index is 0.0179. The number of pyridine rings is 1. The van der Waals surface area contributed by atoms with E-state index in [1.807, 2.05) is 20.8 Å². The van der Waals surface area contributed by atoms with Crippen LogP contribution in [-0.4, -0.2) is 34.9 Å². The average molecular weight is 324 g/mol. The molecular weight excluding hydrogens is 300 g/mol. The normalized spacial score (nSPS) is 22.0. The molecule has 1 N–H and O–H groups in total. The summed E-state index contributed by atoms with van der Waals surface area (Å²) in [6.45, 7) is 5.81. The van der Waals surface area contributed by atoms with Crippen molar-refractivity contribution in [1.29, 1.82) is 0 Å². The Balaban J connectivity index is 1.72. The van der Waals surface area contributed by atoms with Gasteiger partial charge in [0.05, 0.1) is 6.20 Å². The van der Waals surface area contributed by atoms with Gasteiger partial charge in [-0.05, 0) is 25.8 Å². The third-order valence-electron chi connectivity index (χ3n) is 3.59. The molecule has 1 fully saturated rings. The SMILES string of the molecule is CC(S)N[C@H]1C[C@H](Oc2ccc(OCC(=O)C(C)C)cn2)C1. The van der Waals surface area contributed by atoms with Crippen molar-refractivity contribution in [3.63, 3.8) is 0 Å². The van der Waals surface area contributed by atoms with Crippen LogP contribution in [0.2, 0.25) is 0 Å². The van der Waals surface area contributed by atoms with Gasteiger partial charge in [0.1, 0.15) is 18.5 Å². The summed E-state index contributed by atoms with van der Waals surface area (Å²) >= 11 is 4.31. The van der Waals surface area contributed by atoms with Crippen LogP contribution in [0.15, 0.2) is 18.3 Å². The summed E-state index contributed by atoms with van der Waals surface area (Å²) in [5, 5.41) is 3.56. The van der Waals surface area contributed by atoms with Gasteiger partial charge in [-0.3, -0.25) is 4.79 Å². The summed E-state index contributed by atoms with van der Waals surface area (Å²) in [6, 6.07) is 4.03. The minimum Gasteiger partial charge on any atom is -0.484 e. The smallest absolute Gasteiger partial charge is 0.213 e. The van der Waals surface area contributed by atoms with E-state index in [1.165, 1.54) is 0 Å². The van der Waals surface area contributed by atoms with Gasteiger partial charge in [-0.2, -0.15) is 12.6 Å². The Labute approximate surface area is 137 Å². The van der Waals surface area contributed by atoms with Crippen LogP contribution in [0, 0.1) is 5.92 Å². The quantitative estimate of drug-likeness (QED) is 0.568. The summed E-state index contributed by atoms with van der Waals surface area (Å²) in [4.78, 5) is 15.7. The summed E-state index contributed by atoms with van der Waals surface area (Å²) < 4.78 is 11.2. The second-order valence-corrected chi connectivity index (χ2v) is 6.77. The molecule has 0 aliphatic heterocycles. The van der Waals surface area contributed by atoms with Crippen molar-refractivity contribution in [3.05, 3.63) is 18.3 Å². The number of nitrogens with zero attached hydrogens (tertiary/aromatic N) is 1. The molecule has 0 aromatic carbocycles. The predicted octanol–water partition coefficient (Wildman–Crippen LogP) is 2.46. The first kappa shape index (κ1) is 17.1. The Hall–Kier alpha value is -1.27. The van der Waals surface area contributed by atoms with E-state index < -0.39 is 0 Å². The number of aromatic nitrogens is 1. The Morgan fingerprint density at radius 2 is 2.14 bits per heavy atom. The zero-order valence-corrected chi connectivity index (χ0v) is 14.2. The van der Waals surface area contributed by atoms with Gasteiger partial charge in [-0.1, -0.05) is 13.8 Å². The highest BCUT2D eigenvalue weighted by atomic mass is 32.1. The van der Waals surface area contributed by atoms with E-state index in [0.29, 0.717) is 17.7 Å². The maximum atomic E-state index is 11.5. The number of thiol groups is 1. The lowest BCUT2D eigenvalue weighted by Gasteiger charge is -2.36. The highest BCUT2D eigenvalue weighted by molar-refractivity contribution is 7.80. The number of ether oxygens (including phenoxy) is 2. The number of rotatable bonds is 8. The van der Waals surface area contributed by atoms with Crippen LogP contribution < -0.4 is 14.8 Å². The second-order valence-electron chi connectivity index (χ2n) is 5.99. The van der Waals surface area contributed by atoms with E-state index in [-0.39, 0.29) is 29.8 Å². The number of hydrogen-bond donors (Lipinski definition) is 2. The minimum atomic E-state index is -0.0179. The van der Waals surface area contributed by atoms with E-state index in [9.17, 15) is 4.79 Å². The monoisotopic (exact) mass is 324 g/mol. The molecule has 1 aromatic heterocycles. The van der Waals surface area contributed by atoms with E-state index in [4.69, 9.17) is 9.47 Å². The number of ketones is 1. The van der Waals surface area contributed by atoms with Gasteiger partial charge in [0.25, 0.3) is 0 Å². The molecule has 1 aliphatic rings. The van der Waals surface area contributed by atoms with Crippen LogP contribution in [0.1, 0.15) is 33.6 Å². The molecule has 2 rings (SSSR count). The first-order chi connectivity index (χ1) is 10.4. The molecule has 0 bridgehead atoms. The number of carbonyl (C=O) groups excluding carboxylic acids is 1. The van der Waals surface area contributed by atoms with Crippen LogP contribution in [0.5, 0.6) is 11.6 Å². The molecule has 1 atom stereocenters. The van der Waals surface area contributed by atoms with Crippen molar-refractivity contribution < 1.29 is 14.3 Å². The maximum absolute atomic E-state index is 11.5. The summed E-state index contributed by atoms with van der Waals surface area (Å²) in [7, 11) is 0. The van der Waals surface area contributed by atoms with Crippen molar-refractivity contribution in [1.82, 2.24) is 10.3 Å². The summed E-state index contributed by atoms with van der Waals surface area (Å²) in [5.74, 6) is 1.23. The van der Waals surface area contributed by atoms with Crippen molar-refractivity contribution >= 4 is 18.4 Å². The van der Waals surface area contributed by atoms with Gasteiger partial charge in [0.15, 0.2) is 5.78 Å². The van der Waals surface area contributed by atoms with Crippen LogP contribution in [0.4, 0.5) is 0 Å². The lowest BCUT2D eigenvalue weighted by atomic mass is 9.89. The molecule has 0 spiro atoms. The Bertz CT molecular complexity index is 485. The van der Waals surface area contributed by atoms with E-state index in [1.54, 1.807) is 18.3 Å². The fourth-order valence-electron chi connectivity index (χ4n) is 2.15.